The molecule has 1 aromatic heterocycles. The highest BCUT2D eigenvalue weighted by Crippen LogP contribution is 2.22. The van der Waals surface area contributed by atoms with Crippen molar-refractivity contribution in [2.75, 3.05) is 33.0 Å². The van der Waals surface area contributed by atoms with Gasteiger partial charge in [-0.2, -0.15) is 0 Å². The van der Waals surface area contributed by atoms with Gasteiger partial charge in [-0.1, -0.05) is 60.7 Å². The second kappa shape index (κ2) is 17.2. The highest BCUT2D eigenvalue weighted by Gasteiger charge is 2.27. The van der Waals surface area contributed by atoms with Crippen molar-refractivity contribution in [2.24, 2.45) is 11.8 Å². The van der Waals surface area contributed by atoms with Gasteiger partial charge in [-0.15, -0.1) is 0 Å². The number of carbonyl (C=O) groups is 3. The lowest BCUT2D eigenvalue weighted by Gasteiger charge is -2.24. The Labute approximate surface area is 253 Å². The molecule has 1 aliphatic heterocycles. The number of hydrogen-bond acceptors (Lipinski definition) is 6. The number of aliphatic hydroxyl groups excluding tert-OH is 1. The third-order valence-corrected chi connectivity index (χ3v) is 7.69. The van der Waals surface area contributed by atoms with Crippen LogP contribution in [0.25, 0.3) is 10.9 Å². The molecule has 3 aromatic rings. The maximum absolute atomic E-state index is 13.6. The number of aromatic amines is 1. The summed E-state index contributed by atoms with van der Waals surface area (Å²) >= 11 is 0. The van der Waals surface area contributed by atoms with Crippen molar-refractivity contribution in [1.82, 2.24) is 15.6 Å². The minimum atomic E-state index is -0.579. The Morgan fingerprint density at radius 3 is 2.65 bits per heavy atom. The largest absolute Gasteiger partial charge is 0.463 e. The lowest BCUT2D eigenvalue weighted by molar-refractivity contribution is -0.150. The fourth-order valence-electron chi connectivity index (χ4n) is 5.41. The molecule has 0 saturated carbocycles. The summed E-state index contributed by atoms with van der Waals surface area (Å²) in [5, 5.41) is 15.8. The zero-order valence-corrected chi connectivity index (χ0v) is 24.6. The number of nitrogens with one attached hydrogen (secondary N) is 3. The number of fused-ring (bicyclic) bond motifs is 1. The SMILES string of the molecule is O=C(C[C@H]1CC=CCCC[C@H](Cc2ccccc2)C(=O)OC[C@H](Cc2c[nH]c3ccccc23)NC1=O)NCCOCCO. The molecule has 230 valence electrons. The van der Waals surface area contributed by atoms with E-state index in [0.29, 0.717) is 32.2 Å². The predicted octanol–water partition coefficient (Wildman–Crippen LogP) is 3.86. The summed E-state index contributed by atoms with van der Waals surface area (Å²) in [5.41, 5.74) is 3.09. The number of hydrogen-bond donors (Lipinski definition) is 4. The monoisotopic (exact) mass is 589 g/mol. The number of aliphatic hydroxyl groups is 1. The lowest BCUT2D eigenvalue weighted by atomic mass is 9.93. The van der Waals surface area contributed by atoms with Crippen molar-refractivity contribution < 1.29 is 29.0 Å². The minimum Gasteiger partial charge on any atom is -0.463 e. The number of ether oxygens (including phenoxy) is 2. The molecule has 2 aromatic carbocycles. The molecule has 0 fully saturated rings. The molecule has 0 saturated heterocycles. The van der Waals surface area contributed by atoms with E-state index in [1.807, 2.05) is 72.9 Å². The summed E-state index contributed by atoms with van der Waals surface area (Å²) in [6.07, 6.45) is 9.71. The Hall–Kier alpha value is -3.95. The van der Waals surface area contributed by atoms with E-state index in [2.05, 4.69) is 15.6 Å². The van der Waals surface area contributed by atoms with Crippen LogP contribution in [-0.4, -0.2) is 66.9 Å². The van der Waals surface area contributed by atoms with E-state index in [4.69, 9.17) is 14.6 Å². The van der Waals surface area contributed by atoms with Crippen molar-refractivity contribution in [2.45, 2.75) is 51.0 Å². The number of amides is 2. The molecule has 4 N–H and O–H groups in total. The first-order chi connectivity index (χ1) is 21.0. The van der Waals surface area contributed by atoms with Gasteiger partial charge in [0.2, 0.25) is 11.8 Å². The average Bonchev–Trinajstić information content (AvgIpc) is 3.42. The highest BCUT2D eigenvalue weighted by atomic mass is 16.5. The minimum absolute atomic E-state index is 0.0227. The quantitative estimate of drug-likeness (QED) is 0.153. The van der Waals surface area contributed by atoms with Gasteiger partial charge in [-0.3, -0.25) is 14.4 Å². The van der Waals surface area contributed by atoms with Gasteiger partial charge >= 0.3 is 5.97 Å². The molecule has 9 heteroatoms. The number of carbonyl (C=O) groups excluding carboxylic acids is 3. The van der Waals surface area contributed by atoms with E-state index in [1.54, 1.807) is 0 Å². The van der Waals surface area contributed by atoms with Gasteiger partial charge in [0.25, 0.3) is 0 Å². The van der Waals surface area contributed by atoms with E-state index in [0.717, 1.165) is 34.9 Å². The molecular formula is C34H43N3O6. The Balaban J connectivity index is 1.49. The third-order valence-electron chi connectivity index (χ3n) is 7.69. The van der Waals surface area contributed by atoms with E-state index < -0.39 is 12.0 Å². The number of allylic oxidation sites excluding steroid dienone is 2. The lowest BCUT2D eigenvalue weighted by Crippen LogP contribution is -2.44. The second-order valence-corrected chi connectivity index (χ2v) is 11.0. The van der Waals surface area contributed by atoms with Crippen molar-refractivity contribution in [3.8, 4) is 0 Å². The van der Waals surface area contributed by atoms with Crippen LogP contribution >= 0.6 is 0 Å². The summed E-state index contributed by atoms with van der Waals surface area (Å²) in [6.45, 7) is 0.747. The van der Waals surface area contributed by atoms with E-state index >= 15 is 0 Å². The van der Waals surface area contributed by atoms with Crippen molar-refractivity contribution in [3.63, 3.8) is 0 Å². The molecule has 4 rings (SSSR count). The number of aromatic nitrogens is 1. The molecule has 43 heavy (non-hydrogen) atoms. The maximum Gasteiger partial charge on any atom is 0.309 e. The fourth-order valence-corrected chi connectivity index (χ4v) is 5.41. The van der Waals surface area contributed by atoms with Gasteiger partial charge in [-0.25, -0.2) is 0 Å². The Morgan fingerprint density at radius 1 is 1.00 bits per heavy atom. The molecule has 2 amide bonds. The first-order valence-electron chi connectivity index (χ1n) is 15.2. The van der Waals surface area contributed by atoms with Crippen molar-refractivity contribution >= 4 is 28.7 Å². The molecule has 9 nitrogen and oxygen atoms in total. The normalized spacial score (nSPS) is 20.3. The molecule has 0 spiro atoms. The van der Waals surface area contributed by atoms with Crippen LogP contribution in [-0.2, 0) is 36.7 Å². The van der Waals surface area contributed by atoms with Crippen LogP contribution in [0.1, 0.15) is 43.2 Å². The zero-order valence-electron chi connectivity index (χ0n) is 24.6. The van der Waals surface area contributed by atoms with Crippen LogP contribution in [0.2, 0.25) is 0 Å². The van der Waals surface area contributed by atoms with Crippen LogP contribution in [0.5, 0.6) is 0 Å². The number of esters is 1. The first-order valence-corrected chi connectivity index (χ1v) is 15.2. The second-order valence-electron chi connectivity index (χ2n) is 11.0. The van der Waals surface area contributed by atoms with Crippen LogP contribution < -0.4 is 10.6 Å². The number of H-pyrrole nitrogens is 1. The van der Waals surface area contributed by atoms with Gasteiger partial charge in [-0.05, 0) is 55.7 Å². The van der Waals surface area contributed by atoms with E-state index in [9.17, 15) is 14.4 Å². The smallest absolute Gasteiger partial charge is 0.309 e. The predicted molar refractivity (Wildman–Crippen MR) is 165 cm³/mol. The molecule has 2 heterocycles. The van der Waals surface area contributed by atoms with E-state index in [1.165, 1.54) is 0 Å². The molecule has 0 aliphatic carbocycles. The Morgan fingerprint density at radius 2 is 1.81 bits per heavy atom. The summed E-state index contributed by atoms with van der Waals surface area (Å²) < 4.78 is 11.1. The zero-order chi connectivity index (χ0) is 30.3. The maximum atomic E-state index is 13.6. The average molecular weight is 590 g/mol. The molecule has 1 aliphatic rings. The van der Waals surface area contributed by atoms with Crippen LogP contribution in [0.4, 0.5) is 0 Å². The summed E-state index contributed by atoms with van der Waals surface area (Å²) in [5.74, 6) is -1.62. The summed E-state index contributed by atoms with van der Waals surface area (Å²) in [4.78, 5) is 42.9. The van der Waals surface area contributed by atoms with Gasteiger partial charge < -0.3 is 30.2 Å². The number of benzene rings is 2. The summed E-state index contributed by atoms with van der Waals surface area (Å²) in [6, 6.07) is 17.4. The third kappa shape index (κ3) is 10.4. The van der Waals surface area contributed by atoms with Crippen LogP contribution in [0.15, 0.2) is 72.9 Å². The van der Waals surface area contributed by atoms with Crippen molar-refractivity contribution in [1.29, 1.82) is 0 Å². The van der Waals surface area contributed by atoms with Gasteiger partial charge in [0.15, 0.2) is 0 Å². The molecule has 3 atom stereocenters. The standard InChI is InChI=1S/C34H43N3O6/c38-17-19-42-18-16-35-32(39)22-26-12-6-1-2-7-13-27(20-25-10-4-3-5-11-25)34(41)43-24-29(37-33(26)40)21-28-23-36-31-15-9-8-14-30(28)31/h1,3-6,8-11,14-15,23,26-27,29,36,38H,2,7,12-13,16-22,24H2,(H,35,39)(H,37,40)/t26-,27-,29+/m1/s1. The number of cyclic esters (lactones) is 1. The summed E-state index contributed by atoms with van der Waals surface area (Å²) in [7, 11) is 0. The van der Waals surface area contributed by atoms with Gasteiger partial charge in [0.05, 0.1) is 37.7 Å². The van der Waals surface area contributed by atoms with Crippen molar-refractivity contribution in [3.05, 3.63) is 84.1 Å². The van der Waals surface area contributed by atoms with Crippen LogP contribution in [0.3, 0.4) is 0 Å². The topological polar surface area (TPSA) is 130 Å². The molecular weight excluding hydrogens is 546 g/mol. The Bertz CT molecular complexity index is 1340. The first kappa shape index (κ1) is 32.0. The number of para-hydroxylation sites is 1. The fraction of sp³-hybridized carbons (Fsp3) is 0.441. The van der Waals surface area contributed by atoms with Crippen LogP contribution in [0, 0.1) is 11.8 Å². The number of rotatable bonds is 11. The molecule has 0 radical (unpaired) electrons. The highest BCUT2D eigenvalue weighted by molar-refractivity contribution is 5.86. The van der Waals surface area contributed by atoms with Gasteiger partial charge in [0.1, 0.15) is 6.61 Å². The van der Waals surface area contributed by atoms with Gasteiger partial charge in [0, 0.05) is 30.1 Å². The Kier molecular flexibility index (Phi) is 12.8. The van der Waals surface area contributed by atoms with E-state index in [-0.39, 0.29) is 56.5 Å². The molecule has 0 unspecified atom stereocenters. The molecule has 0 bridgehead atoms.